The number of unbranched alkanes of at least 4 members (excludes halogenated alkanes) is 1. The molecule has 0 aromatic heterocycles. The molecule has 51 heavy (non-hydrogen) atoms. The summed E-state index contributed by atoms with van der Waals surface area (Å²) in [6, 6.07) is 19.8. The molecular weight excluding hydrogens is 658 g/mol. The van der Waals surface area contributed by atoms with E-state index in [4.69, 9.17) is 23.7 Å². The third kappa shape index (κ3) is 7.94. The van der Waals surface area contributed by atoms with Gasteiger partial charge in [0.25, 0.3) is 5.91 Å². The number of nitrogens with one attached hydrogen (secondary N) is 1. The topological polar surface area (TPSA) is 153 Å². The van der Waals surface area contributed by atoms with Gasteiger partial charge < -0.3 is 43.9 Å². The Morgan fingerprint density at radius 1 is 0.941 bits per heavy atom. The highest BCUT2D eigenvalue weighted by molar-refractivity contribution is 6.32. The van der Waals surface area contributed by atoms with Gasteiger partial charge in [-0.3, -0.25) is 9.59 Å². The first-order valence-electron chi connectivity index (χ1n) is 17.2. The number of carbonyl (C=O) groups excluding carboxylic acids is 4. The highest BCUT2D eigenvalue weighted by Gasteiger charge is 2.60. The first-order valence-corrected chi connectivity index (χ1v) is 17.2. The normalized spacial score (nSPS) is 17.5. The van der Waals surface area contributed by atoms with Crippen LogP contribution < -0.4 is 24.4 Å². The number of rotatable bonds is 14. The quantitative estimate of drug-likeness (QED) is 0.145. The number of piperidine rings is 1. The van der Waals surface area contributed by atoms with Crippen LogP contribution in [0.2, 0.25) is 0 Å². The summed E-state index contributed by atoms with van der Waals surface area (Å²) in [7, 11) is 3.20. The number of hydrogen-bond donors (Lipinski definition) is 2. The number of likely N-dealkylation sites (tertiary alicyclic amines) is 1. The number of carbonyl (C=O) groups is 4. The van der Waals surface area contributed by atoms with Crippen molar-refractivity contribution in [2.24, 2.45) is 0 Å². The van der Waals surface area contributed by atoms with Gasteiger partial charge in [-0.1, -0.05) is 24.3 Å². The Hall–Kier alpha value is -5.14. The lowest BCUT2D eigenvalue weighted by Crippen LogP contribution is -2.60. The van der Waals surface area contributed by atoms with Gasteiger partial charge in [0.05, 0.1) is 33.4 Å². The van der Waals surface area contributed by atoms with E-state index in [1.807, 2.05) is 42.5 Å². The zero-order valence-electron chi connectivity index (χ0n) is 28.8. The maximum absolute atomic E-state index is 13.7. The van der Waals surface area contributed by atoms with Crippen molar-refractivity contribution < 1.29 is 48.0 Å². The van der Waals surface area contributed by atoms with Crippen LogP contribution in [0.4, 0.5) is 5.69 Å². The molecule has 0 radical (unpaired) electrons. The van der Waals surface area contributed by atoms with E-state index in [2.05, 4.69) is 5.32 Å². The number of aliphatic hydroxyl groups is 1. The van der Waals surface area contributed by atoms with Crippen molar-refractivity contribution in [1.82, 2.24) is 10.2 Å². The van der Waals surface area contributed by atoms with Crippen LogP contribution in [0.5, 0.6) is 17.2 Å². The van der Waals surface area contributed by atoms with Gasteiger partial charge in [-0.15, -0.1) is 0 Å². The molecule has 0 aliphatic carbocycles. The van der Waals surface area contributed by atoms with Gasteiger partial charge in [0.2, 0.25) is 0 Å². The summed E-state index contributed by atoms with van der Waals surface area (Å²) in [6.07, 6.45) is 2.70. The molecule has 3 aromatic carbocycles. The van der Waals surface area contributed by atoms with Gasteiger partial charge in [-0.2, -0.15) is 0 Å². The van der Waals surface area contributed by atoms with Crippen molar-refractivity contribution in [2.45, 2.75) is 63.0 Å². The second kappa shape index (κ2) is 15.8. The molecule has 0 saturated carbocycles. The molecule has 13 heteroatoms. The van der Waals surface area contributed by atoms with Gasteiger partial charge in [-0.25, -0.2) is 9.59 Å². The molecule has 3 aliphatic rings. The predicted octanol–water partition coefficient (Wildman–Crippen LogP) is 3.39. The van der Waals surface area contributed by atoms with Crippen molar-refractivity contribution in [2.75, 3.05) is 45.4 Å². The average Bonchev–Trinajstić information content (AvgIpc) is 3.44. The van der Waals surface area contributed by atoms with Crippen molar-refractivity contribution in [1.29, 1.82) is 0 Å². The van der Waals surface area contributed by atoms with Crippen molar-refractivity contribution in [3.63, 3.8) is 0 Å². The maximum Gasteiger partial charge on any atom is 0.421 e. The Labute approximate surface area is 296 Å². The fourth-order valence-electron chi connectivity index (χ4n) is 6.79. The minimum Gasteiger partial charge on any atom is -0.494 e. The van der Waals surface area contributed by atoms with E-state index in [1.54, 1.807) is 48.3 Å². The molecule has 3 aromatic rings. The molecule has 270 valence electrons. The zero-order chi connectivity index (χ0) is 36.0. The van der Waals surface area contributed by atoms with Gasteiger partial charge in [-0.05, 0) is 85.7 Å². The van der Waals surface area contributed by atoms with Crippen LogP contribution in [0.25, 0.3) is 0 Å². The van der Waals surface area contributed by atoms with E-state index >= 15 is 0 Å². The Kier molecular flexibility index (Phi) is 11.1. The first kappa shape index (κ1) is 35.7. The van der Waals surface area contributed by atoms with E-state index in [1.165, 1.54) is 0 Å². The number of aliphatic hydroxyl groups excluding tert-OH is 1. The first-order chi connectivity index (χ1) is 24.7. The summed E-state index contributed by atoms with van der Waals surface area (Å²) in [4.78, 5) is 54.2. The summed E-state index contributed by atoms with van der Waals surface area (Å²) in [6.45, 7) is 2.40. The standard InChI is InChI=1S/C38H43N3O10/c1-47-32-15-10-25(21-33(32)48-2)23-39-24-29(42)8-5-6-20-49-30-13-11-26(12-14-30)34(43)40-18-16-28(17-19-40)41-31-9-4-3-7-27(31)22-38(37(41)46)50-35(44)36(45)51-38/h3-4,7,9-15,21,28-29,39,42H,5-6,8,16-20,22-24H2,1-2H3. The summed E-state index contributed by atoms with van der Waals surface area (Å²) < 4.78 is 26.9. The van der Waals surface area contributed by atoms with Crippen LogP contribution in [0, 0.1) is 0 Å². The van der Waals surface area contributed by atoms with E-state index in [0.29, 0.717) is 80.5 Å². The minimum atomic E-state index is -1.99. The van der Waals surface area contributed by atoms with Crippen LogP contribution in [-0.2, 0) is 36.8 Å². The lowest BCUT2D eigenvalue weighted by molar-refractivity contribution is -0.189. The lowest BCUT2D eigenvalue weighted by atomic mass is 9.92. The van der Waals surface area contributed by atoms with Crippen molar-refractivity contribution in [3.8, 4) is 17.2 Å². The summed E-state index contributed by atoms with van der Waals surface area (Å²) >= 11 is 0. The molecule has 3 aliphatic heterocycles. The number of para-hydroxylation sites is 1. The summed E-state index contributed by atoms with van der Waals surface area (Å²) in [5.74, 6) is -3.05. The van der Waals surface area contributed by atoms with Crippen molar-refractivity contribution >= 4 is 29.4 Å². The molecule has 2 N–H and O–H groups in total. The van der Waals surface area contributed by atoms with E-state index in [9.17, 15) is 24.3 Å². The molecule has 2 saturated heterocycles. The van der Waals surface area contributed by atoms with Gasteiger partial charge in [0, 0.05) is 43.5 Å². The number of hydrogen-bond acceptors (Lipinski definition) is 11. The Bertz CT molecular complexity index is 1720. The van der Waals surface area contributed by atoms with E-state index in [-0.39, 0.29) is 18.4 Å². The monoisotopic (exact) mass is 701 g/mol. The number of nitrogens with zero attached hydrogens (tertiary/aromatic N) is 2. The van der Waals surface area contributed by atoms with Crippen molar-refractivity contribution in [3.05, 3.63) is 83.4 Å². The molecule has 2 amide bonds. The fourth-order valence-corrected chi connectivity index (χ4v) is 6.79. The highest BCUT2D eigenvalue weighted by Crippen LogP contribution is 2.40. The lowest BCUT2D eigenvalue weighted by Gasteiger charge is -2.44. The average molecular weight is 702 g/mol. The molecule has 0 bridgehead atoms. The molecule has 3 heterocycles. The smallest absolute Gasteiger partial charge is 0.421 e. The number of amides is 2. The third-order valence-electron chi connectivity index (χ3n) is 9.48. The van der Waals surface area contributed by atoms with Crippen LogP contribution in [-0.4, -0.2) is 92.2 Å². The van der Waals surface area contributed by atoms with Crippen LogP contribution in [0.15, 0.2) is 66.7 Å². The fraction of sp³-hybridized carbons (Fsp3) is 0.421. The zero-order valence-corrected chi connectivity index (χ0v) is 28.8. The molecule has 1 spiro atoms. The Morgan fingerprint density at radius 3 is 2.35 bits per heavy atom. The number of fused-ring (bicyclic) bond motifs is 1. The number of methoxy groups -OCH3 is 2. The predicted molar refractivity (Wildman–Crippen MR) is 185 cm³/mol. The number of esters is 2. The summed E-state index contributed by atoms with van der Waals surface area (Å²) in [5, 5.41) is 13.7. The molecule has 1 unspecified atom stereocenters. The highest BCUT2D eigenvalue weighted by atomic mass is 16.8. The molecule has 6 rings (SSSR count). The molecule has 13 nitrogen and oxygen atoms in total. The van der Waals surface area contributed by atoms with Gasteiger partial charge in [0.1, 0.15) is 5.75 Å². The summed E-state index contributed by atoms with van der Waals surface area (Å²) in [5.41, 5.74) is 2.98. The number of benzene rings is 3. The Morgan fingerprint density at radius 2 is 1.65 bits per heavy atom. The second-order valence-electron chi connectivity index (χ2n) is 12.9. The molecular formula is C38H43N3O10. The van der Waals surface area contributed by atoms with Gasteiger partial charge in [0.15, 0.2) is 11.5 Å². The van der Waals surface area contributed by atoms with Crippen LogP contribution in [0.3, 0.4) is 0 Å². The third-order valence-corrected chi connectivity index (χ3v) is 9.48. The van der Waals surface area contributed by atoms with Crippen LogP contribution in [0.1, 0.15) is 53.6 Å². The molecule has 2 fully saturated rings. The van der Waals surface area contributed by atoms with Crippen LogP contribution >= 0.6 is 0 Å². The van der Waals surface area contributed by atoms with E-state index in [0.717, 1.165) is 24.0 Å². The van der Waals surface area contributed by atoms with E-state index < -0.39 is 29.7 Å². The minimum absolute atomic E-state index is 0.0443. The number of anilines is 1. The second-order valence-corrected chi connectivity index (χ2v) is 12.9. The molecule has 1 atom stereocenters. The SMILES string of the molecule is COc1ccc(CNCC(O)CCCCOc2ccc(C(=O)N3CCC(N4C(=O)C5(Cc6ccccc64)OC(=O)C(=O)O5)CC3)cc2)cc1OC. The van der Waals surface area contributed by atoms with Gasteiger partial charge >= 0.3 is 23.6 Å². The number of ether oxygens (including phenoxy) is 5. The Balaban J connectivity index is 0.919. The maximum atomic E-state index is 13.7. The largest absolute Gasteiger partial charge is 0.494 e.